The summed E-state index contributed by atoms with van der Waals surface area (Å²) in [6.45, 7) is 3.54. The Kier molecular flexibility index (Phi) is 6.90. The van der Waals surface area contributed by atoms with Gasteiger partial charge in [0.2, 0.25) is 15.9 Å². The molecule has 1 aromatic heterocycles. The van der Waals surface area contributed by atoms with Crippen molar-refractivity contribution in [2.75, 3.05) is 24.5 Å². The van der Waals surface area contributed by atoms with Gasteiger partial charge < -0.3 is 9.64 Å². The lowest BCUT2D eigenvalue weighted by Crippen LogP contribution is -2.60. The SMILES string of the molecule is CC(C)(C)Oc1cc(F)cc(N2CCN(S(=O)(=O)Cc3ccc(F)cc3)CC2C(F)(F)F)n1. The molecule has 1 aliphatic rings. The van der Waals surface area contributed by atoms with Gasteiger partial charge in [0.15, 0.2) is 0 Å². The molecular weight excluding hydrogens is 469 g/mol. The van der Waals surface area contributed by atoms with Crippen LogP contribution in [0.25, 0.3) is 0 Å². The second-order valence-electron chi connectivity index (χ2n) is 8.69. The van der Waals surface area contributed by atoms with Gasteiger partial charge >= 0.3 is 6.18 Å². The first kappa shape index (κ1) is 25.2. The molecule has 1 atom stereocenters. The van der Waals surface area contributed by atoms with Crippen molar-refractivity contribution < 1.29 is 35.1 Å². The minimum Gasteiger partial charge on any atom is -0.472 e. The topological polar surface area (TPSA) is 62.7 Å². The number of piperazine rings is 1. The first-order chi connectivity index (χ1) is 15.1. The highest BCUT2D eigenvalue weighted by atomic mass is 32.2. The standard InChI is InChI=1S/C21H24F5N3O3S/c1-20(2,3)32-19-11-16(23)10-18(27-19)29-9-8-28(12-17(29)21(24,25)26)33(30,31)13-14-4-6-15(22)7-5-14/h4-7,10-11,17H,8-9,12-13H2,1-3H3. The molecule has 6 nitrogen and oxygen atoms in total. The lowest BCUT2D eigenvalue weighted by atomic mass is 10.1. The quantitative estimate of drug-likeness (QED) is 0.587. The summed E-state index contributed by atoms with van der Waals surface area (Å²) < 4.78 is 101. The maximum Gasteiger partial charge on any atom is 0.410 e. The van der Waals surface area contributed by atoms with Gasteiger partial charge in [0.1, 0.15) is 29.1 Å². The van der Waals surface area contributed by atoms with E-state index in [0.29, 0.717) is 0 Å². The lowest BCUT2D eigenvalue weighted by molar-refractivity contribution is -0.153. The van der Waals surface area contributed by atoms with Gasteiger partial charge in [0.05, 0.1) is 5.75 Å². The van der Waals surface area contributed by atoms with Crippen molar-refractivity contribution in [3.63, 3.8) is 0 Å². The van der Waals surface area contributed by atoms with Crippen LogP contribution in [0.1, 0.15) is 26.3 Å². The number of aromatic nitrogens is 1. The molecule has 1 aliphatic heterocycles. The third-order valence-corrected chi connectivity index (χ3v) is 6.65. The lowest BCUT2D eigenvalue weighted by Gasteiger charge is -2.42. The molecule has 182 valence electrons. The number of sulfonamides is 1. The van der Waals surface area contributed by atoms with Gasteiger partial charge in [0.25, 0.3) is 0 Å². The van der Waals surface area contributed by atoms with Gasteiger partial charge in [-0.15, -0.1) is 0 Å². The molecule has 1 saturated heterocycles. The first-order valence-electron chi connectivity index (χ1n) is 10.1. The fraction of sp³-hybridized carbons (Fsp3) is 0.476. The minimum absolute atomic E-state index is 0.176. The largest absolute Gasteiger partial charge is 0.472 e. The van der Waals surface area contributed by atoms with Crippen LogP contribution in [0.3, 0.4) is 0 Å². The molecule has 33 heavy (non-hydrogen) atoms. The molecule has 0 amide bonds. The molecule has 1 unspecified atom stereocenters. The molecule has 1 aromatic carbocycles. The molecular formula is C21H24F5N3O3S. The van der Waals surface area contributed by atoms with Crippen molar-refractivity contribution >= 4 is 15.8 Å². The smallest absolute Gasteiger partial charge is 0.410 e. The highest BCUT2D eigenvalue weighted by Crippen LogP contribution is 2.33. The van der Waals surface area contributed by atoms with Gasteiger partial charge in [-0.1, -0.05) is 12.1 Å². The molecule has 0 N–H and O–H groups in total. The van der Waals surface area contributed by atoms with E-state index in [0.717, 1.165) is 33.5 Å². The van der Waals surface area contributed by atoms with E-state index in [2.05, 4.69) is 4.98 Å². The highest BCUT2D eigenvalue weighted by Gasteiger charge is 2.49. The molecule has 3 rings (SSSR count). The third kappa shape index (κ3) is 6.53. The fourth-order valence-corrected chi connectivity index (χ4v) is 4.95. The van der Waals surface area contributed by atoms with Crippen LogP contribution < -0.4 is 9.64 Å². The third-order valence-electron chi connectivity index (χ3n) is 4.83. The summed E-state index contributed by atoms with van der Waals surface area (Å²) >= 11 is 0. The zero-order valence-corrected chi connectivity index (χ0v) is 19.1. The number of ether oxygens (including phenoxy) is 1. The van der Waals surface area contributed by atoms with Crippen molar-refractivity contribution in [2.45, 2.75) is 44.3 Å². The predicted molar refractivity (Wildman–Crippen MR) is 112 cm³/mol. The van der Waals surface area contributed by atoms with Crippen LogP contribution in [0.5, 0.6) is 5.88 Å². The molecule has 0 spiro atoms. The molecule has 12 heteroatoms. The van der Waals surface area contributed by atoms with E-state index < -0.39 is 51.8 Å². The number of benzene rings is 1. The summed E-state index contributed by atoms with van der Waals surface area (Å²) in [5.74, 6) is -2.43. The first-order valence-corrected chi connectivity index (χ1v) is 11.7. The summed E-state index contributed by atoms with van der Waals surface area (Å²) in [5, 5.41) is 0. The van der Waals surface area contributed by atoms with E-state index in [4.69, 9.17) is 4.74 Å². The number of hydrogen-bond donors (Lipinski definition) is 0. The average Bonchev–Trinajstić information content (AvgIpc) is 2.66. The Morgan fingerprint density at radius 3 is 2.24 bits per heavy atom. The monoisotopic (exact) mass is 493 g/mol. The Labute approximate surface area is 189 Å². The Balaban J connectivity index is 1.87. The van der Waals surface area contributed by atoms with E-state index in [1.165, 1.54) is 12.1 Å². The number of anilines is 1. The van der Waals surface area contributed by atoms with Gasteiger partial charge in [-0.3, -0.25) is 0 Å². The van der Waals surface area contributed by atoms with E-state index in [1.54, 1.807) is 20.8 Å². The van der Waals surface area contributed by atoms with Crippen LogP contribution >= 0.6 is 0 Å². The zero-order chi connectivity index (χ0) is 24.6. The Hall–Kier alpha value is -2.47. The number of alkyl halides is 3. The summed E-state index contributed by atoms with van der Waals surface area (Å²) in [6, 6.07) is 4.27. The summed E-state index contributed by atoms with van der Waals surface area (Å²) in [7, 11) is -4.12. The van der Waals surface area contributed by atoms with Gasteiger partial charge in [-0.2, -0.15) is 22.5 Å². The number of pyridine rings is 1. The molecule has 0 bridgehead atoms. The molecule has 0 radical (unpaired) electrons. The van der Waals surface area contributed by atoms with Crippen molar-refractivity contribution in [3.05, 3.63) is 53.6 Å². The number of rotatable bonds is 5. The van der Waals surface area contributed by atoms with Crippen molar-refractivity contribution in [3.8, 4) is 5.88 Å². The number of nitrogens with zero attached hydrogens (tertiary/aromatic N) is 3. The predicted octanol–water partition coefficient (Wildman–Crippen LogP) is 4.12. The van der Waals surface area contributed by atoms with E-state index >= 15 is 0 Å². The molecule has 2 heterocycles. The van der Waals surface area contributed by atoms with E-state index in [-0.39, 0.29) is 30.4 Å². The molecule has 0 aliphatic carbocycles. The summed E-state index contributed by atoms with van der Waals surface area (Å²) in [6.07, 6.45) is -4.82. The summed E-state index contributed by atoms with van der Waals surface area (Å²) in [5.41, 5.74) is -0.507. The van der Waals surface area contributed by atoms with Crippen molar-refractivity contribution in [1.29, 1.82) is 0 Å². The van der Waals surface area contributed by atoms with E-state index in [1.807, 2.05) is 0 Å². The minimum atomic E-state index is -4.82. The number of halogens is 5. The van der Waals surface area contributed by atoms with Crippen LogP contribution in [0.2, 0.25) is 0 Å². The fourth-order valence-electron chi connectivity index (χ4n) is 3.42. The molecule has 0 saturated carbocycles. The van der Waals surface area contributed by atoms with Gasteiger partial charge in [0, 0.05) is 31.8 Å². The molecule has 2 aromatic rings. The Morgan fingerprint density at radius 2 is 1.67 bits per heavy atom. The van der Waals surface area contributed by atoms with Crippen LogP contribution in [0.4, 0.5) is 27.8 Å². The van der Waals surface area contributed by atoms with E-state index in [9.17, 15) is 30.4 Å². The average molecular weight is 493 g/mol. The van der Waals surface area contributed by atoms with Crippen molar-refractivity contribution in [2.24, 2.45) is 0 Å². The van der Waals surface area contributed by atoms with Gasteiger partial charge in [-0.05, 0) is 38.5 Å². The number of hydrogen-bond acceptors (Lipinski definition) is 5. The van der Waals surface area contributed by atoms with Crippen LogP contribution in [0, 0.1) is 11.6 Å². The highest BCUT2D eigenvalue weighted by molar-refractivity contribution is 7.88. The normalized spacial score (nSPS) is 18.4. The van der Waals surface area contributed by atoms with Crippen LogP contribution in [-0.2, 0) is 15.8 Å². The second-order valence-corrected chi connectivity index (χ2v) is 10.7. The second kappa shape index (κ2) is 9.05. The maximum atomic E-state index is 14.2. The zero-order valence-electron chi connectivity index (χ0n) is 18.2. The summed E-state index contributed by atoms with van der Waals surface area (Å²) in [4.78, 5) is 4.87. The Morgan fingerprint density at radius 1 is 1.03 bits per heavy atom. The van der Waals surface area contributed by atoms with Crippen LogP contribution in [-0.4, -0.2) is 55.2 Å². The van der Waals surface area contributed by atoms with Gasteiger partial charge in [-0.25, -0.2) is 17.2 Å². The Bertz CT molecular complexity index is 1090. The van der Waals surface area contributed by atoms with Crippen LogP contribution in [0.15, 0.2) is 36.4 Å². The molecule has 1 fully saturated rings. The maximum absolute atomic E-state index is 14.2. The van der Waals surface area contributed by atoms with Crippen molar-refractivity contribution in [1.82, 2.24) is 9.29 Å².